The number of amides is 3. The Hall–Kier alpha value is -7.69. The number of carbonyl (C=O) groups excluding carboxylic acids is 4. The molecule has 396 valence electrons. The molecule has 22 heteroatoms. The van der Waals surface area contributed by atoms with Gasteiger partial charge in [-0.3, -0.25) is 33.9 Å². The Morgan fingerprint density at radius 3 is 1.95 bits per heavy atom. The number of benzene rings is 2. The number of hydrogen-bond donors (Lipinski definition) is 3. The maximum absolute atomic E-state index is 13.9. The first kappa shape index (κ1) is 55.6. The fourth-order valence-corrected chi connectivity index (χ4v) is 8.13. The zero-order valence-electron chi connectivity index (χ0n) is 43.8. The largest absolute Gasteiger partial charge is 0.491 e. The van der Waals surface area contributed by atoms with E-state index in [-0.39, 0.29) is 82.2 Å². The van der Waals surface area contributed by atoms with Crippen LogP contribution in [0.3, 0.4) is 0 Å². The number of anilines is 1. The Labute approximate surface area is 429 Å². The molecule has 0 unspecified atom stereocenters. The minimum Gasteiger partial charge on any atom is -0.491 e. The number of methoxy groups -OCH3 is 1. The summed E-state index contributed by atoms with van der Waals surface area (Å²) in [7, 11) is 1.60. The highest BCUT2D eigenvalue weighted by atomic mass is 16.6. The van der Waals surface area contributed by atoms with Gasteiger partial charge in [-0.15, -0.1) is 0 Å². The summed E-state index contributed by atoms with van der Waals surface area (Å²) >= 11 is 0. The molecular weight excluding hydrogens is 953 g/mol. The van der Waals surface area contributed by atoms with E-state index in [0.717, 1.165) is 5.69 Å². The second-order valence-electron chi connectivity index (χ2n) is 18.1. The van der Waals surface area contributed by atoms with Gasteiger partial charge in [0.1, 0.15) is 46.4 Å². The number of nitrogens with one attached hydrogen (secondary N) is 1. The predicted molar refractivity (Wildman–Crippen MR) is 281 cm³/mol. The van der Waals surface area contributed by atoms with E-state index in [2.05, 4.69) is 27.2 Å². The van der Waals surface area contributed by atoms with Crippen LogP contribution in [0.2, 0.25) is 0 Å². The van der Waals surface area contributed by atoms with Crippen molar-refractivity contribution in [2.24, 2.45) is 21.5 Å². The molecule has 0 radical (unpaired) electrons. The zero-order valence-corrected chi connectivity index (χ0v) is 43.8. The van der Waals surface area contributed by atoms with Crippen LogP contribution in [-0.4, -0.2) is 129 Å². The number of esters is 1. The van der Waals surface area contributed by atoms with Gasteiger partial charge in [0.15, 0.2) is 5.84 Å². The highest BCUT2D eigenvalue weighted by Crippen LogP contribution is 2.39. The molecule has 4 aromatic heterocycles. The summed E-state index contributed by atoms with van der Waals surface area (Å²) in [4.78, 5) is 65.6. The SMILES string of the molecule is C=N/C(=N\c1c(C)c2cc(C(N)=O)cc(OCCOCCOCCC(=O)OC(C)(C)C)c2n1C/C=C/Cn1c(NC(=O)c2cc(C)nn2CC)nc2cc(C(N)=O)cc(OCCCOC)c21)c1cc(C)nn1CC. The minimum absolute atomic E-state index is 0.0937. The molecule has 0 saturated carbocycles. The first-order valence-electron chi connectivity index (χ1n) is 24.4. The highest BCUT2D eigenvalue weighted by molar-refractivity contribution is 6.06. The average molecular weight is 1020 g/mol. The molecule has 0 aliphatic rings. The molecular formula is C52H68N12O10. The number of aromatic nitrogens is 7. The average Bonchev–Trinajstić information content (AvgIpc) is 4.10. The van der Waals surface area contributed by atoms with Gasteiger partial charge in [-0.05, 0) is 98.5 Å². The first-order chi connectivity index (χ1) is 35.4. The van der Waals surface area contributed by atoms with Crippen LogP contribution in [0, 0.1) is 20.8 Å². The molecule has 5 N–H and O–H groups in total. The van der Waals surface area contributed by atoms with E-state index in [4.69, 9.17) is 49.9 Å². The Morgan fingerprint density at radius 1 is 0.743 bits per heavy atom. The van der Waals surface area contributed by atoms with Crippen molar-refractivity contribution in [3.8, 4) is 11.5 Å². The third-order valence-corrected chi connectivity index (χ3v) is 11.4. The molecule has 74 heavy (non-hydrogen) atoms. The second-order valence-corrected chi connectivity index (χ2v) is 18.1. The lowest BCUT2D eigenvalue weighted by Crippen LogP contribution is -2.24. The summed E-state index contributed by atoms with van der Waals surface area (Å²) in [5.41, 5.74) is 16.1. The number of amidine groups is 1. The number of aliphatic imine (C=N–C) groups is 2. The van der Waals surface area contributed by atoms with Crippen LogP contribution in [0.4, 0.5) is 11.8 Å². The van der Waals surface area contributed by atoms with Crippen LogP contribution in [0.5, 0.6) is 11.5 Å². The minimum atomic E-state index is -0.676. The fourth-order valence-electron chi connectivity index (χ4n) is 8.13. The molecule has 0 aliphatic carbocycles. The van der Waals surface area contributed by atoms with Crippen LogP contribution in [0.1, 0.15) is 101 Å². The van der Waals surface area contributed by atoms with Gasteiger partial charge in [-0.1, -0.05) is 12.2 Å². The highest BCUT2D eigenvalue weighted by Gasteiger charge is 2.24. The van der Waals surface area contributed by atoms with Gasteiger partial charge in [0.05, 0.1) is 61.9 Å². The van der Waals surface area contributed by atoms with Crippen molar-refractivity contribution >= 4 is 69.9 Å². The lowest BCUT2D eigenvalue weighted by Gasteiger charge is -2.19. The number of aryl methyl sites for hydroxylation is 5. The van der Waals surface area contributed by atoms with E-state index in [0.29, 0.717) is 93.9 Å². The van der Waals surface area contributed by atoms with Crippen LogP contribution < -0.4 is 26.3 Å². The number of ether oxygens (including phenoxy) is 6. The summed E-state index contributed by atoms with van der Waals surface area (Å²) in [5, 5.41) is 12.7. The molecule has 3 amide bonds. The number of nitrogens with two attached hydrogens (primary N) is 2. The number of fused-ring (bicyclic) bond motifs is 2. The van der Waals surface area contributed by atoms with Gasteiger partial charge >= 0.3 is 5.97 Å². The monoisotopic (exact) mass is 1020 g/mol. The fraction of sp³-hybridized carbons (Fsp3) is 0.442. The van der Waals surface area contributed by atoms with Gasteiger partial charge in [0.25, 0.3) is 5.91 Å². The number of imidazole rings is 1. The van der Waals surface area contributed by atoms with Crippen molar-refractivity contribution in [3.63, 3.8) is 0 Å². The topological polar surface area (TPSA) is 271 Å². The standard InChI is InChI=1S/C52H68N12O10/c1-11-63-39(26-32(3)59-63)48(55-9)57-49-34(5)37-28-35(46(53)66)30-41(73-25-24-71-23-22-70-21-16-43(65)74-52(6,7)8)44(37)61(49)17-13-14-18-62-45-38(29-36(47(54)67)31-42(45)72-20-15-19-69-10)56-51(62)58-50(68)40-27-33(4)60-64(40)12-2/h13-14,26-31H,9,11-12,15-25H2,1-8,10H3,(H2,53,66)(H2,54,67)(H,56,58,68)/b14-13+,57-48-. The van der Waals surface area contributed by atoms with Crippen molar-refractivity contribution in [2.45, 2.75) is 100 Å². The number of nitrogens with zero attached hydrogens (tertiary/aromatic N) is 9. The number of primary amides is 2. The molecule has 0 bridgehead atoms. The van der Waals surface area contributed by atoms with Crippen molar-refractivity contribution in [1.29, 1.82) is 0 Å². The Bertz CT molecular complexity index is 3060. The summed E-state index contributed by atoms with van der Waals surface area (Å²) < 4.78 is 41.7. The second kappa shape index (κ2) is 25.3. The maximum Gasteiger partial charge on any atom is 0.308 e. The van der Waals surface area contributed by atoms with Crippen molar-refractivity contribution in [2.75, 3.05) is 58.7 Å². The number of carbonyl (C=O) groups is 4. The van der Waals surface area contributed by atoms with Crippen LogP contribution in [0.25, 0.3) is 21.9 Å². The summed E-state index contributed by atoms with van der Waals surface area (Å²) in [6.45, 7) is 21.8. The smallest absolute Gasteiger partial charge is 0.308 e. The quantitative estimate of drug-likeness (QED) is 0.0166. The van der Waals surface area contributed by atoms with Crippen LogP contribution in [-0.2, 0) is 49.9 Å². The first-order valence-corrected chi connectivity index (χ1v) is 24.4. The summed E-state index contributed by atoms with van der Waals surface area (Å²) in [6.07, 6.45) is 4.49. The molecule has 0 spiro atoms. The Morgan fingerprint density at radius 2 is 1.32 bits per heavy atom. The third-order valence-electron chi connectivity index (χ3n) is 11.4. The molecule has 0 fully saturated rings. The lowest BCUT2D eigenvalue weighted by atomic mass is 10.1. The molecule has 22 nitrogen and oxygen atoms in total. The van der Waals surface area contributed by atoms with Gasteiger partial charge in [0.2, 0.25) is 17.8 Å². The number of rotatable bonds is 27. The zero-order chi connectivity index (χ0) is 53.7. The molecule has 0 saturated heterocycles. The molecule has 6 rings (SSSR count). The van der Waals surface area contributed by atoms with Crippen LogP contribution >= 0.6 is 0 Å². The molecule has 0 atom stereocenters. The van der Waals surface area contributed by atoms with Crippen molar-refractivity contribution in [3.05, 3.63) is 88.0 Å². The van der Waals surface area contributed by atoms with Gasteiger partial charge < -0.3 is 49.0 Å². The van der Waals surface area contributed by atoms with E-state index in [1.54, 1.807) is 51.4 Å². The lowest BCUT2D eigenvalue weighted by molar-refractivity contribution is -0.156. The molecule has 6 aromatic rings. The van der Waals surface area contributed by atoms with Gasteiger partial charge in [0, 0.05) is 68.4 Å². The van der Waals surface area contributed by atoms with E-state index in [1.807, 2.05) is 78.2 Å². The number of allylic oxidation sites excluding steroid dienone is 2. The summed E-state index contributed by atoms with van der Waals surface area (Å²) in [6, 6.07) is 10.00. The Balaban J connectivity index is 1.38. The third kappa shape index (κ3) is 13.9. The van der Waals surface area contributed by atoms with Gasteiger partial charge in [-0.25, -0.2) is 15.0 Å². The van der Waals surface area contributed by atoms with Crippen molar-refractivity contribution in [1.82, 2.24) is 33.7 Å². The van der Waals surface area contributed by atoms with E-state index in [9.17, 15) is 19.2 Å². The number of hydrogen-bond acceptors (Lipinski definition) is 14. The normalized spacial score (nSPS) is 12.0. The van der Waals surface area contributed by atoms with Crippen molar-refractivity contribution < 1.29 is 47.6 Å². The van der Waals surface area contributed by atoms with E-state index >= 15 is 0 Å². The molecule has 4 heterocycles. The van der Waals surface area contributed by atoms with Crippen LogP contribution in [0.15, 0.2) is 58.5 Å². The maximum atomic E-state index is 13.9. The van der Waals surface area contributed by atoms with E-state index in [1.165, 1.54) is 0 Å². The van der Waals surface area contributed by atoms with Gasteiger partial charge in [-0.2, -0.15) is 10.2 Å². The molecule has 2 aromatic carbocycles. The Kier molecular flexibility index (Phi) is 19.0. The summed E-state index contributed by atoms with van der Waals surface area (Å²) in [5.74, 6) is -0.434. The molecule has 0 aliphatic heterocycles. The predicted octanol–water partition coefficient (Wildman–Crippen LogP) is 6.39. The van der Waals surface area contributed by atoms with E-state index < -0.39 is 23.3 Å².